The number of ketones is 2. The zero-order valence-corrected chi connectivity index (χ0v) is 19.9. The Morgan fingerprint density at radius 2 is 1.27 bits per heavy atom. The Hall–Kier alpha value is -4.77. The van der Waals surface area contributed by atoms with Gasteiger partial charge in [0.25, 0.3) is 0 Å². The number of alkyl carbamates (subject to hydrolysis) is 1. The maximum atomic E-state index is 12.5. The van der Waals surface area contributed by atoms with E-state index in [1.807, 2.05) is 54.6 Å². The van der Waals surface area contributed by atoms with Crippen molar-refractivity contribution in [3.05, 3.63) is 125 Å². The lowest BCUT2D eigenvalue weighted by molar-refractivity contribution is 0.0815. The van der Waals surface area contributed by atoms with E-state index in [1.54, 1.807) is 24.3 Å². The minimum absolute atomic E-state index is 0.0154. The van der Waals surface area contributed by atoms with Gasteiger partial charge in [0, 0.05) is 23.6 Å². The van der Waals surface area contributed by atoms with Gasteiger partial charge in [-0.2, -0.15) is 0 Å². The molecule has 4 aromatic carbocycles. The third kappa shape index (κ3) is 4.04. The van der Waals surface area contributed by atoms with Crippen molar-refractivity contribution in [3.63, 3.8) is 0 Å². The number of rotatable bonds is 5. The van der Waals surface area contributed by atoms with E-state index in [0.717, 1.165) is 16.7 Å². The molecule has 1 N–H and O–H groups in total. The molecule has 6 rings (SSSR count). The molecule has 0 spiro atoms. The monoisotopic (exact) mass is 485 g/mol. The second-order valence-electron chi connectivity index (χ2n) is 9.12. The van der Waals surface area contributed by atoms with Crippen LogP contribution in [0.5, 0.6) is 0 Å². The van der Waals surface area contributed by atoms with Gasteiger partial charge in [-0.15, -0.1) is 0 Å². The van der Waals surface area contributed by atoms with E-state index in [0.29, 0.717) is 17.7 Å². The Kier molecular flexibility index (Phi) is 5.73. The van der Waals surface area contributed by atoms with Gasteiger partial charge in [-0.05, 0) is 51.1 Å². The van der Waals surface area contributed by atoms with Crippen LogP contribution < -0.4 is 5.32 Å². The first-order chi connectivity index (χ1) is 18.1. The van der Waals surface area contributed by atoms with E-state index in [-0.39, 0.29) is 12.5 Å². The molecule has 2 aliphatic rings. The molecule has 1 amide bonds. The molecule has 5 heteroatoms. The Morgan fingerprint density at radius 3 is 1.95 bits per heavy atom. The van der Waals surface area contributed by atoms with Crippen LogP contribution in [0, 0.1) is 0 Å². The van der Waals surface area contributed by atoms with Crippen LogP contribution in [-0.2, 0) is 4.74 Å². The lowest BCUT2D eigenvalue weighted by Crippen LogP contribution is -2.26. The molecular weight excluding hydrogens is 462 g/mol. The van der Waals surface area contributed by atoms with Crippen LogP contribution in [0.3, 0.4) is 0 Å². The lowest BCUT2D eigenvalue weighted by Gasteiger charge is -2.18. The zero-order valence-electron chi connectivity index (χ0n) is 19.9. The average Bonchev–Trinajstić information content (AvgIpc) is 3.26. The Morgan fingerprint density at radius 1 is 0.703 bits per heavy atom. The van der Waals surface area contributed by atoms with Crippen molar-refractivity contribution < 1.29 is 19.1 Å². The summed E-state index contributed by atoms with van der Waals surface area (Å²) >= 11 is 0. The first kappa shape index (κ1) is 22.7. The molecule has 0 bridgehead atoms. The number of ether oxygens (including phenoxy) is 1. The fraction of sp³-hybridized carbons (Fsp3) is 0.0938. The second-order valence-corrected chi connectivity index (χ2v) is 9.12. The highest BCUT2D eigenvalue weighted by Crippen LogP contribution is 2.44. The normalized spacial score (nSPS) is 13.6. The van der Waals surface area contributed by atoms with Crippen molar-refractivity contribution in [2.75, 3.05) is 13.2 Å². The first-order valence-corrected chi connectivity index (χ1v) is 12.2. The summed E-state index contributed by atoms with van der Waals surface area (Å²) in [7, 11) is 0. The summed E-state index contributed by atoms with van der Waals surface area (Å²) in [4.78, 5) is 37.3. The molecule has 0 saturated heterocycles. The summed E-state index contributed by atoms with van der Waals surface area (Å²) in [5.74, 6) is -0.943. The van der Waals surface area contributed by atoms with Crippen LogP contribution >= 0.6 is 0 Å². The zero-order chi connectivity index (χ0) is 25.4. The summed E-state index contributed by atoms with van der Waals surface area (Å²) in [6.07, 6.45) is 3.22. The smallest absolute Gasteiger partial charge is 0.407 e. The highest BCUT2D eigenvalue weighted by molar-refractivity contribution is 6.53. The van der Waals surface area contributed by atoms with Gasteiger partial charge >= 0.3 is 6.09 Å². The number of nitrogens with one attached hydrogen (secondary N) is 1. The maximum Gasteiger partial charge on any atom is 0.407 e. The Bertz CT molecular complexity index is 1550. The van der Waals surface area contributed by atoms with Crippen molar-refractivity contribution >= 4 is 23.7 Å². The van der Waals surface area contributed by atoms with E-state index in [4.69, 9.17) is 4.74 Å². The Balaban J connectivity index is 1.09. The third-order valence-electron chi connectivity index (χ3n) is 6.97. The fourth-order valence-corrected chi connectivity index (χ4v) is 5.23. The molecule has 37 heavy (non-hydrogen) atoms. The molecule has 0 atom stereocenters. The highest BCUT2D eigenvalue weighted by Gasteiger charge is 2.30. The molecule has 180 valence electrons. The van der Waals surface area contributed by atoms with Crippen molar-refractivity contribution in [2.45, 2.75) is 5.92 Å². The van der Waals surface area contributed by atoms with Crippen LogP contribution in [0.1, 0.15) is 43.3 Å². The lowest BCUT2D eigenvalue weighted by atomic mass is 9.83. The van der Waals surface area contributed by atoms with Crippen LogP contribution in [0.4, 0.5) is 4.79 Å². The molecule has 0 radical (unpaired) electrons. The van der Waals surface area contributed by atoms with Crippen molar-refractivity contribution in [1.82, 2.24) is 5.32 Å². The molecule has 0 unspecified atom stereocenters. The molecule has 0 heterocycles. The maximum absolute atomic E-state index is 12.5. The van der Waals surface area contributed by atoms with Gasteiger partial charge in [0.15, 0.2) is 0 Å². The number of hydrogen-bond donors (Lipinski definition) is 1. The van der Waals surface area contributed by atoms with Crippen LogP contribution in [0.2, 0.25) is 0 Å². The summed E-state index contributed by atoms with van der Waals surface area (Å²) in [6, 6.07) is 29.0. The van der Waals surface area contributed by atoms with Gasteiger partial charge in [0.05, 0.1) is 0 Å². The molecule has 0 fully saturated rings. The van der Waals surface area contributed by atoms with Gasteiger partial charge in [-0.1, -0.05) is 91.0 Å². The number of carbonyl (C=O) groups is 3. The third-order valence-corrected chi connectivity index (χ3v) is 6.97. The number of amides is 1. The van der Waals surface area contributed by atoms with Crippen molar-refractivity contribution in [1.29, 1.82) is 0 Å². The number of fused-ring (bicyclic) bond motifs is 6. The molecule has 4 aromatic rings. The minimum Gasteiger partial charge on any atom is -0.449 e. The molecule has 0 saturated carbocycles. The fourth-order valence-electron chi connectivity index (χ4n) is 5.23. The van der Waals surface area contributed by atoms with E-state index >= 15 is 0 Å². The van der Waals surface area contributed by atoms with Crippen LogP contribution in [-0.4, -0.2) is 30.8 Å². The summed E-state index contributed by atoms with van der Waals surface area (Å²) < 4.78 is 5.57. The Labute approximate surface area is 214 Å². The SMILES string of the molecule is O=C(NCC=Cc1ccc2c(c1)-c1ccccc1C(=O)C2=O)OCC1c2ccccc2-c2ccccc21. The predicted octanol–water partition coefficient (Wildman–Crippen LogP) is 6.28. The van der Waals surface area contributed by atoms with Crippen molar-refractivity contribution in [3.8, 4) is 22.3 Å². The van der Waals surface area contributed by atoms with E-state index in [9.17, 15) is 14.4 Å². The summed E-state index contributed by atoms with van der Waals surface area (Å²) in [5.41, 5.74) is 7.93. The van der Waals surface area contributed by atoms with Crippen LogP contribution in [0.25, 0.3) is 28.3 Å². The second kappa shape index (κ2) is 9.36. The molecular formula is C32H23NO4. The largest absolute Gasteiger partial charge is 0.449 e. The number of carbonyl (C=O) groups excluding carboxylic acids is 3. The number of Topliss-reactive ketones (excluding diaryl/α,β-unsaturated/α-hetero) is 2. The molecule has 0 aliphatic heterocycles. The van der Waals surface area contributed by atoms with Gasteiger partial charge in [-0.25, -0.2) is 4.79 Å². The van der Waals surface area contributed by atoms with Gasteiger partial charge in [0.2, 0.25) is 11.6 Å². The summed E-state index contributed by atoms with van der Waals surface area (Å²) in [5, 5.41) is 2.77. The number of hydrogen-bond acceptors (Lipinski definition) is 4. The average molecular weight is 486 g/mol. The van der Waals surface area contributed by atoms with E-state index in [1.165, 1.54) is 22.3 Å². The van der Waals surface area contributed by atoms with Crippen molar-refractivity contribution in [2.24, 2.45) is 0 Å². The minimum atomic E-state index is -0.485. The molecule has 5 nitrogen and oxygen atoms in total. The predicted molar refractivity (Wildman–Crippen MR) is 143 cm³/mol. The van der Waals surface area contributed by atoms with Crippen LogP contribution in [0.15, 0.2) is 97.1 Å². The van der Waals surface area contributed by atoms with E-state index < -0.39 is 17.7 Å². The topological polar surface area (TPSA) is 72.5 Å². The highest BCUT2D eigenvalue weighted by atomic mass is 16.5. The quantitative estimate of drug-likeness (QED) is 0.338. The molecule has 2 aliphatic carbocycles. The van der Waals surface area contributed by atoms with Gasteiger partial charge in [-0.3, -0.25) is 9.59 Å². The standard InChI is InChI=1S/C32H23NO4/c34-30-26-14-6-5-13-25(26)28-18-20(15-16-27(28)31(30)35)8-7-17-33-32(36)37-19-29-23-11-3-1-9-21(23)22-10-2-4-12-24(22)29/h1-16,18,29H,17,19H2,(H,33,36). The summed E-state index contributed by atoms with van der Waals surface area (Å²) in [6.45, 7) is 0.558. The number of benzene rings is 4. The first-order valence-electron chi connectivity index (χ1n) is 12.2. The van der Waals surface area contributed by atoms with Gasteiger partial charge in [0.1, 0.15) is 6.61 Å². The molecule has 0 aromatic heterocycles. The van der Waals surface area contributed by atoms with E-state index in [2.05, 4.69) is 29.6 Å². The van der Waals surface area contributed by atoms with Gasteiger partial charge < -0.3 is 10.1 Å².